The summed E-state index contributed by atoms with van der Waals surface area (Å²) in [6.45, 7) is 1.17. The molecule has 22 heavy (non-hydrogen) atoms. The number of aromatic amines is 1. The van der Waals surface area contributed by atoms with Gasteiger partial charge in [0.2, 0.25) is 0 Å². The van der Waals surface area contributed by atoms with Crippen LogP contribution in [0.15, 0.2) is 47.4 Å². The molecule has 0 radical (unpaired) electrons. The van der Waals surface area contributed by atoms with E-state index < -0.39 is 11.5 Å². The third-order valence-corrected chi connectivity index (χ3v) is 3.34. The molecule has 0 unspecified atom stereocenters. The topological polar surface area (TPSA) is 94.3 Å². The lowest BCUT2D eigenvalue weighted by molar-refractivity contribution is 0.102. The van der Waals surface area contributed by atoms with E-state index >= 15 is 0 Å². The Kier molecular flexibility index (Phi) is 3.61. The van der Waals surface area contributed by atoms with Crippen LogP contribution in [-0.4, -0.2) is 30.0 Å². The first-order valence-electron chi connectivity index (χ1n) is 6.79. The summed E-state index contributed by atoms with van der Waals surface area (Å²) in [6.07, 6.45) is 1.46. The van der Waals surface area contributed by atoms with Crippen LogP contribution in [0.1, 0.15) is 10.4 Å². The van der Waals surface area contributed by atoms with Gasteiger partial charge in [-0.2, -0.15) is 0 Å². The highest BCUT2D eigenvalue weighted by molar-refractivity contribution is 6.04. The van der Waals surface area contributed by atoms with E-state index in [0.717, 1.165) is 0 Å². The van der Waals surface area contributed by atoms with Crippen LogP contribution in [0.3, 0.4) is 0 Å². The Bertz CT molecular complexity index is 784. The maximum absolute atomic E-state index is 12.1. The summed E-state index contributed by atoms with van der Waals surface area (Å²) in [6, 6.07) is 9.80. The number of urea groups is 1. The Morgan fingerprint density at radius 3 is 2.77 bits per heavy atom. The first-order valence-corrected chi connectivity index (χ1v) is 6.79. The molecule has 7 heteroatoms. The van der Waals surface area contributed by atoms with Crippen LogP contribution in [0.5, 0.6) is 0 Å². The van der Waals surface area contributed by atoms with Gasteiger partial charge in [0.1, 0.15) is 5.56 Å². The number of nitrogens with zero attached hydrogens (tertiary/aromatic N) is 1. The number of anilines is 2. The Balaban J connectivity index is 1.81. The zero-order valence-electron chi connectivity index (χ0n) is 11.6. The average Bonchev–Trinajstić information content (AvgIpc) is 2.94. The molecule has 7 nitrogen and oxygen atoms in total. The van der Waals surface area contributed by atoms with Crippen LogP contribution in [0.4, 0.5) is 16.2 Å². The van der Waals surface area contributed by atoms with Crippen LogP contribution in [0.2, 0.25) is 0 Å². The Labute approximate surface area is 126 Å². The van der Waals surface area contributed by atoms with Crippen LogP contribution >= 0.6 is 0 Å². The number of carbonyl (C=O) groups excluding carboxylic acids is 2. The lowest BCUT2D eigenvalue weighted by Gasteiger charge is -2.15. The molecule has 0 spiro atoms. The number of amides is 3. The van der Waals surface area contributed by atoms with Crippen molar-refractivity contribution in [3.05, 3.63) is 58.5 Å². The predicted octanol–water partition coefficient (Wildman–Crippen LogP) is 1.16. The molecule has 1 aliphatic heterocycles. The molecule has 0 bridgehead atoms. The third kappa shape index (κ3) is 2.69. The number of nitrogens with one attached hydrogen (secondary N) is 3. The first-order chi connectivity index (χ1) is 10.6. The van der Waals surface area contributed by atoms with Gasteiger partial charge in [-0.15, -0.1) is 0 Å². The summed E-state index contributed by atoms with van der Waals surface area (Å²) >= 11 is 0. The molecule has 1 saturated heterocycles. The number of carbonyl (C=O) groups is 2. The van der Waals surface area contributed by atoms with Gasteiger partial charge in [0.15, 0.2) is 0 Å². The summed E-state index contributed by atoms with van der Waals surface area (Å²) in [5, 5.41) is 5.38. The van der Waals surface area contributed by atoms with Gasteiger partial charge < -0.3 is 15.6 Å². The van der Waals surface area contributed by atoms with Crippen molar-refractivity contribution in [2.75, 3.05) is 23.3 Å². The highest BCUT2D eigenvalue weighted by atomic mass is 16.2. The van der Waals surface area contributed by atoms with Crippen molar-refractivity contribution in [1.82, 2.24) is 10.3 Å². The molecule has 112 valence electrons. The number of pyridine rings is 1. The smallest absolute Gasteiger partial charge is 0.321 e. The van der Waals surface area contributed by atoms with E-state index in [1.165, 1.54) is 12.3 Å². The molecule has 3 amide bonds. The molecular formula is C15H14N4O3. The van der Waals surface area contributed by atoms with Crippen LogP contribution < -0.4 is 21.1 Å². The van der Waals surface area contributed by atoms with Gasteiger partial charge in [-0.3, -0.25) is 14.5 Å². The SMILES string of the molecule is O=C(Nc1cccc(N2CCNC2=O)c1)c1ccc[nH]c1=O. The van der Waals surface area contributed by atoms with Gasteiger partial charge in [0.25, 0.3) is 11.5 Å². The molecule has 0 saturated carbocycles. The minimum Gasteiger partial charge on any atom is -0.336 e. The van der Waals surface area contributed by atoms with E-state index in [-0.39, 0.29) is 11.6 Å². The summed E-state index contributed by atoms with van der Waals surface area (Å²) in [5.74, 6) is -0.495. The molecule has 2 heterocycles. The average molecular weight is 298 g/mol. The van der Waals surface area contributed by atoms with Crippen molar-refractivity contribution >= 4 is 23.3 Å². The molecular weight excluding hydrogens is 284 g/mol. The summed E-state index contributed by atoms with van der Waals surface area (Å²) in [7, 11) is 0. The number of H-pyrrole nitrogens is 1. The fourth-order valence-electron chi connectivity index (χ4n) is 2.27. The lowest BCUT2D eigenvalue weighted by atomic mass is 10.2. The summed E-state index contributed by atoms with van der Waals surface area (Å²) in [5.41, 5.74) is 0.794. The van der Waals surface area contributed by atoms with Crippen molar-refractivity contribution in [2.24, 2.45) is 0 Å². The number of benzene rings is 1. The standard InChI is InChI=1S/C15H14N4O3/c20-13-12(5-2-6-16-13)14(21)18-10-3-1-4-11(9-10)19-8-7-17-15(19)22/h1-6,9H,7-8H2,(H,16,20)(H,17,22)(H,18,21). The van der Waals surface area contributed by atoms with Crippen LogP contribution in [-0.2, 0) is 0 Å². The molecule has 1 aromatic carbocycles. The molecule has 0 atom stereocenters. The zero-order valence-corrected chi connectivity index (χ0v) is 11.6. The van der Waals surface area contributed by atoms with Crippen LogP contribution in [0, 0.1) is 0 Å². The van der Waals surface area contributed by atoms with Crippen molar-refractivity contribution in [3.8, 4) is 0 Å². The van der Waals surface area contributed by atoms with E-state index in [1.54, 1.807) is 35.2 Å². The summed E-state index contributed by atoms with van der Waals surface area (Å²) in [4.78, 5) is 39.4. The van der Waals surface area contributed by atoms with Crippen molar-refractivity contribution in [1.29, 1.82) is 0 Å². The van der Waals surface area contributed by atoms with Gasteiger partial charge >= 0.3 is 6.03 Å². The maximum Gasteiger partial charge on any atom is 0.321 e. The molecule has 3 rings (SSSR count). The quantitative estimate of drug-likeness (QED) is 0.793. The number of aromatic nitrogens is 1. The van der Waals surface area contributed by atoms with Crippen LogP contribution in [0.25, 0.3) is 0 Å². The zero-order chi connectivity index (χ0) is 15.5. The highest BCUT2D eigenvalue weighted by Gasteiger charge is 2.21. The predicted molar refractivity (Wildman–Crippen MR) is 82.2 cm³/mol. The Hall–Kier alpha value is -3.09. The van der Waals surface area contributed by atoms with Gasteiger partial charge in [-0.1, -0.05) is 6.07 Å². The Morgan fingerprint density at radius 2 is 2.05 bits per heavy atom. The van der Waals surface area contributed by atoms with E-state index in [1.807, 2.05) is 0 Å². The van der Waals surface area contributed by atoms with Gasteiger partial charge in [0, 0.05) is 30.7 Å². The summed E-state index contributed by atoms with van der Waals surface area (Å²) < 4.78 is 0. The second kappa shape index (κ2) is 5.72. The van der Waals surface area contributed by atoms with Gasteiger partial charge in [-0.25, -0.2) is 4.79 Å². The molecule has 1 aliphatic rings. The lowest BCUT2D eigenvalue weighted by Crippen LogP contribution is -2.27. The molecule has 1 fully saturated rings. The third-order valence-electron chi connectivity index (χ3n) is 3.34. The maximum atomic E-state index is 12.1. The van der Waals surface area contributed by atoms with E-state index in [4.69, 9.17) is 0 Å². The molecule has 3 N–H and O–H groups in total. The highest BCUT2D eigenvalue weighted by Crippen LogP contribution is 2.21. The molecule has 2 aromatic rings. The molecule has 1 aromatic heterocycles. The second-order valence-electron chi connectivity index (χ2n) is 4.80. The van der Waals surface area contributed by atoms with E-state index in [2.05, 4.69) is 15.6 Å². The number of rotatable bonds is 3. The Morgan fingerprint density at radius 1 is 1.18 bits per heavy atom. The largest absolute Gasteiger partial charge is 0.336 e. The van der Waals surface area contributed by atoms with Crippen molar-refractivity contribution in [2.45, 2.75) is 0 Å². The van der Waals surface area contributed by atoms with Gasteiger partial charge in [-0.05, 0) is 30.3 Å². The number of hydrogen-bond acceptors (Lipinski definition) is 3. The normalized spacial score (nSPS) is 13.8. The monoisotopic (exact) mass is 298 g/mol. The first kappa shape index (κ1) is 13.9. The second-order valence-corrected chi connectivity index (χ2v) is 4.80. The van der Waals surface area contributed by atoms with Crippen molar-refractivity contribution in [3.63, 3.8) is 0 Å². The minimum absolute atomic E-state index is 0.0341. The number of hydrogen-bond donors (Lipinski definition) is 3. The fourth-order valence-corrected chi connectivity index (χ4v) is 2.27. The molecule has 0 aliphatic carbocycles. The van der Waals surface area contributed by atoms with E-state index in [0.29, 0.717) is 24.5 Å². The fraction of sp³-hybridized carbons (Fsp3) is 0.133. The minimum atomic E-state index is -0.495. The van der Waals surface area contributed by atoms with Crippen molar-refractivity contribution < 1.29 is 9.59 Å². The van der Waals surface area contributed by atoms with E-state index in [9.17, 15) is 14.4 Å². The van der Waals surface area contributed by atoms with Gasteiger partial charge in [0.05, 0.1) is 0 Å².